The summed E-state index contributed by atoms with van der Waals surface area (Å²) in [5, 5.41) is 8.51. The number of nitrogens with two attached hydrogens (primary N) is 1. The van der Waals surface area contributed by atoms with Gasteiger partial charge in [0.25, 0.3) is 0 Å². The van der Waals surface area contributed by atoms with E-state index in [1.54, 1.807) is 55.5 Å². The van der Waals surface area contributed by atoms with Crippen LogP contribution >= 0.6 is 0 Å². The third-order valence-electron chi connectivity index (χ3n) is 5.15. The van der Waals surface area contributed by atoms with Crippen molar-refractivity contribution in [1.82, 2.24) is 0 Å². The van der Waals surface area contributed by atoms with Crippen molar-refractivity contribution in [2.75, 3.05) is 16.9 Å². The van der Waals surface area contributed by atoms with Gasteiger partial charge in [0.15, 0.2) is 11.2 Å². The zero-order chi connectivity index (χ0) is 21.5. The van der Waals surface area contributed by atoms with E-state index in [0.717, 1.165) is 0 Å². The van der Waals surface area contributed by atoms with Gasteiger partial charge < -0.3 is 15.8 Å². The van der Waals surface area contributed by atoms with E-state index < -0.39 is 23.1 Å². The molecule has 0 bridgehead atoms. The summed E-state index contributed by atoms with van der Waals surface area (Å²) in [4.78, 5) is 39.3. The van der Waals surface area contributed by atoms with Crippen LogP contribution in [0.3, 0.4) is 0 Å². The van der Waals surface area contributed by atoms with Crippen LogP contribution in [0.1, 0.15) is 19.4 Å². The molecule has 0 saturated heterocycles. The highest BCUT2D eigenvalue weighted by Gasteiger charge is 2.61. The van der Waals surface area contributed by atoms with E-state index in [0.29, 0.717) is 16.9 Å². The van der Waals surface area contributed by atoms with Gasteiger partial charge in [0.1, 0.15) is 17.1 Å². The first-order valence-electron chi connectivity index (χ1n) is 9.46. The first kappa shape index (κ1) is 19.4. The van der Waals surface area contributed by atoms with Crippen LogP contribution < -0.4 is 16.1 Å². The number of hydrogen-bond acceptors (Lipinski definition) is 7. The molecular weight excluding hydrogens is 384 g/mol. The highest BCUT2D eigenvalue weighted by Crippen LogP contribution is 2.48. The van der Waals surface area contributed by atoms with Crippen molar-refractivity contribution in [2.45, 2.75) is 19.3 Å². The molecule has 1 amide bonds. The van der Waals surface area contributed by atoms with Crippen LogP contribution in [0.5, 0.6) is 0 Å². The molecule has 2 aliphatic heterocycles. The quantitative estimate of drug-likeness (QED) is 0.754. The zero-order valence-corrected chi connectivity index (χ0v) is 16.5. The van der Waals surface area contributed by atoms with Gasteiger partial charge in [-0.3, -0.25) is 9.59 Å². The Hall–Kier alpha value is -3.94. The number of carbonyl (C=O) groups is 3. The average molecular weight is 404 g/mol. The number of fused-ring (bicyclic) bond motifs is 2. The molecule has 1 unspecified atom stereocenters. The number of ketones is 1. The third kappa shape index (κ3) is 2.61. The van der Waals surface area contributed by atoms with Crippen LogP contribution in [0, 0.1) is 0 Å². The molecule has 8 heteroatoms. The summed E-state index contributed by atoms with van der Waals surface area (Å²) in [7, 11) is 0. The molecule has 3 N–H and O–H groups in total. The largest absolute Gasteiger partial charge is 0.462 e. The number of hydrazone groups is 1. The molecule has 1 atom stereocenters. The minimum Gasteiger partial charge on any atom is -0.462 e. The Bertz CT molecular complexity index is 1120. The average Bonchev–Trinajstić information content (AvgIpc) is 3.01. The molecule has 2 aromatic rings. The standard InChI is InChI=1S/C22H20N4O4/c1-3-30-20(28)17-19(23)26(14-9-5-4-6-10-14)25-18(13(2)27)22(17)15-11-7-8-12-16(15)24-21(22)29/h4-12H,3,23H2,1-2H3,(H,24,29). The summed E-state index contributed by atoms with van der Waals surface area (Å²) >= 11 is 0. The smallest absolute Gasteiger partial charge is 0.339 e. The second-order valence-corrected chi connectivity index (χ2v) is 6.88. The molecule has 0 fully saturated rings. The maximum Gasteiger partial charge on any atom is 0.339 e. The number of Topliss-reactive ketones (excluding diaryl/α,β-unsaturated/α-hetero) is 1. The number of para-hydroxylation sites is 2. The number of nitrogens with zero attached hydrogens (tertiary/aromatic N) is 2. The van der Waals surface area contributed by atoms with Gasteiger partial charge in [0, 0.05) is 18.2 Å². The monoisotopic (exact) mass is 404 g/mol. The first-order chi connectivity index (χ1) is 14.4. The van der Waals surface area contributed by atoms with Crippen LogP contribution in [0.4, 0.5) is 11.4 Å². The highest BCUT2D eigenvalue weighted by atomic mass is 16.5. The van der Waals surface area contributed by atoms with E-state index >= 15 is 0 Å². The number of benzene rings is 2. The van der Waals surface area contributed by atoms with Gasteiger partial charge >= 0.3 is 5.97 Å². The van der Waals surface area contributed by atoms with E-state index in [1.165, 1.54) is 11.9 Å². The summed E-state index contributed by atoms with van der Waals surface area (Å²) < 4.78 is 5.26. The number of rotatable bonds is 4. The Morgan fingerprint density at radius 3 is 2.47 bits per heavy atom. The van der Waals surface area contributed by atoms with E-state index in [1.807, 2.05) is 6.07 Å². The minimum absolute atomic E-state index is 0.0727. The van der Waals surface area contributed by atoms with Crippen molar-refractivity contribution in [2.24, 2.45) is 10.8 Å². The molecule has 0 saturated carbocycles. The summed E-state index contributed by atoms with van der Waals surface area (Å²) in [5.41, 5.74) is 5.86. The Balaban J connectivity index is 2.07. The van der Waals surface area contributed by atoms with E-state index in [-0.39, 0.29) is 23.7 Å². The second-order valence-electron chi connectivity index (χ2n) is 6.88. The summed E-state index contributed by atoms with van der Waals surface area (Å²) in [6.45, 7) is 3.04. The lowest BCUT2D eigenvalue weighted by atomic mass is 9.69. The van der Waals surface area contributed by atoms with Crippen molar-refractivity contribution in [3.63, 3.8) is 0 Å². The fourth-order valence-corrected chi connectivity index (χ4v) is 3.95. The van der Waals surface area contributed by atoms with E-state index in [4.69, 9.17) is 10.5 Å². The second kappa shape index (κ2) is 7.14. The van der Waals surface area contributed by atoms with Crippen molar-refractivity contribution in [1.29, 1.82) is 0 Å². The Kier molecular flexibility index (Phi) is 4.62. The van der Waals surface area contributed by atoms with Crippen LogP contribution in [0.2, 0.25) is 0 Å². The lowest BCUT2D eigenvalue weighted by molar-refractivity contribution is -0.140. The molecule has 4 rings (SSSR count). The molecule has 30 heavy (non-hydrogen) atoms. The number of anilines is 2. The zero-order valence-electron chi connectivity index (χ0n) is 16.5. The Labute approximate surface area is 173 Å². The molecule has 0 radical (unpaired) electrons. The summed E-state index contributed by atoms with van der Waals surface area (Å²) in [6.07, 6.45) is 0. The van der Waals surface area contributed by atoms with Crippen molar-refractivity contribution in [3.8, 4) is 0 Å². The number of nitrogens with one attached hydrogen (secondary N) is 1. The van der Waals surface area contributed by atoms with Gasteiger partial charge in [0.05, 0.1) is 12.3 Å². The van der Waals surface area contributed by atoms with Crippen LogP contribution in [0.15, 0.2) is 71.1 Å². The summed E-state index contributed by atoms with van der Waals surface area (Å²) in [6, 6.07) is 15.7. The maximum absolute atomic E-state index is 13.4. The predicted molar refractivity (Wildman–Crippen MR) is 112 cm³/mol. The van der Waals surface area contributed by atoms with Crippen molar-refractivity contribution < 1.29 is 19.1 Å². The number of carbonyl (C=O) groups excluding carboxylic acids is 3. The molecular formula is C22H20N4O4. The van der Waals surface area contributed by atoms with Gasteiger partial charge in [-0.15, -0.1) is 0 Å². The molecule has 0 aliphatic carbocycles. The topological polar surface area (TPSA) is 114 Å². The molecule has 8 nitrogen and oxygen atoms in total. The van der Waals surface area contributed by atoms with Crippen LogP contribution in [-0.4, -0.2) is 30.0 Å². The molecule has 2 aliphatic rings. The molecule has 2 heterocycles. The fourth-order valence-electron chi connectivity index (χ4n) is 3.95. The van der Waals surface area contributed by atoms with Gasteiger partial charge in [0.2, 0.25) is 5.91 Å². The third-order valence-corrected chi connectivity index (χ3v) is 5.15. The van der Waals surface area contributed by atoms with E-state index in [2.05, 4.69) is 10.4 Å². The Morgan fingerprint density at radius 1 is 1.13 bits per heavy atom. The molecule has 1 spiro atoms. The summed E-state index contributed by atoms with van der Waals surface area (Å²) in [5.74, 6) is -1.89. The minimum atomic E-state index is -1.79. The van der Waals surface area contributed by atoms with Gasteiger partial charge in [-0.1, -0.05) is 36.4 Å². The fraction of sp³-hybridized carbons (Fsp3) is 0.182. The molecule has 152 valence electrons. The molecule has 2 aromatic carbocycles. The number of ether oxygens (including phenoxy) is 1. The van der Waals surface area contributed by atoms with Crippen molar-refractivity contribution >= 4 is 34.7 Å². The van der Waals surface area contributed by atoms with Crippen LogP contribution in [0.25, 0.3) is 0 Å². The SMILES string of the molecule is CCOC(=O)C1=C(N)N(c2ccccc2)N=C(C(C)=O)C12C(=O)Nc1ccccc12. The lowest BCUT2D eigenvalue weighted by Crippen LogP contribution is -2.55. The number of hydrogen-bond donors (Lipinski definition) is 2. The highest BCUT2D eigenvalue weighted by molar-refractivity contribution is 6.51. The van der Waals surface area contributed by atoms with Gasteiger partial charge in [-0.25, -0.2) is 9.80 Å². The molecule has 0 aromatic heterocycles. The van der Waals surface area contributed by atoms with Gasteiger partial charge in [-0.2, -0.15) is 5.10 Å². The first-order valence-corrected chi connectivity index (χ1v) is 9.46. The maximum atomic E-state index is 13.4. The number of esters is 1. The van der Waals surface area contributed by atoms with Crippen molar-refractivity contribution in [3.05, 3.63) is 71.6 Å². The van der Waals surface area contributed by atoms with Gasteiger partial charge in [-0.05, 0) is 25.1 Å². The predicted octanol–water partition coefficient (Wildman–Crippen LogP) is 2.08. The van der Waals surface area contributed by atoms with E-state index in [9.17, 15) is 14.4 Å². The van der Waals surface area contributed by atoms with Crippen LogP contribution in [-0.2, 0) is 24.5 Å². The Morgan fingerprint density at radius 2 is 1.80 bits per heavy atom. The number of amides is 1. The lowest BCUT2D eigenvalue weighted by Gasteiger charge is -2.37. The normalized spacial score (nSPS) is 20.0.